The Morgan fingerprint density at radius 1 is 1.21 bits per heavy atom. The van der Waals surface area contributed by atoms with Crippen molar-refractivity contribution < 1.29 is 9.59 Å². The van der Waals surface area contributed by atoms with E-state index in [1.807, 2.05) is 36.9 Å². The molecule has 0 spiro atoms. The van der Waals surface area contributed by atoms with Gasteiger partial charge in [0.2, 0.25) is 0 Å². The second-order valence-electron chi connectivity index (χ2n) is 8.87. The van der Waals surface area contributed by atoms with Gasteiger partial charge in [-0.15, -0.1) is 11.3 Å². The first-order chi connectivity index (χ1) is 15.9. The van der Waals surface area contributed by atoms with Gasteiger partial charge < -0.3 is 10.2 Å². The van der Waals surface area contributed by atoms with Gasteiger partial charge in [-0.3, -0.25) is 9.59 Å². The highest BCUT2D eigenvalue weighted by Gasteiger charge is 2.54. The van der Waals surface area contributed by atoms with Gasteiger partial charge in [-0.05, 0) is 55.9 Å². The normalized spacial score (nSPS) is 20.8. The van der Waals surface area contributed by atoms with Crippen LogP contribution in [0.5, 0.6) is 0 Å². The van der Waals surface area contributed by atoms with Crippen molar-refractivity contribution in [1.29, 1.82) is 5.26 Å². The van der Waals surface area contributed by atoms with Crippen LogP contribution in [0.3, 0.4) is 0 Å². The molecule has 3 atom stereocenters. The first-order valence-corrected chi connectivity index (χ1v) is 11.9. The van der Waals surface area contributed by atoms with Crippen LogP contribution in [0.2, 0.25) is 0 Å². The van der Waals surface area contributed by atoms with Crippen LogP contribution in [0.4, 0.5) is 0 Å². The molecule has 1 aromatic heterocycles. The van der Waals surface area contributed by atoms with E-state index in [2.05, 4.69) is 22.4 Å². The molecule has 0 bridgehead atoms. The van der Waals surface area contributed by atoms with E-state index in [-0.39, 0.29) is 17.9 Å². The van der Waals surface area contributed by atoms with Gasteiger partial charge in [0.15, 0.2) is 0 Å². The zero-order valence-electron chi connectivity index (χ0n) is 18.5. The molecule has 6 nitrogen and oxygen atoms in total. The summed E-state index contributed by atoms with van der Waals surface area (Å²) in [5, 5.41) is 12.9. The zero-order chi connectivity index (χ0) is 23.1. The Balaban J connectivity index is 1.35. The average molecular weight is 457 g/mol. The van der Waals surface area contributed by atoms with E-state index in [4.69, 9.17) is 5.26 Å². The van der Waals surface area contributed by atoms with Crippen molar-refractivity contribution >= 4 is 23.2 Å². The lowest BCUT2D eigenvalue weighted by Gasteiger charge is -2.27. The molecule has 2 heterocycles. The number of thiazole rings is 1. The van der Waals surface area contributed by atoms with Crippen molar-refractivity contribution in [2.75, 3.05) is 13.1 Å². The molecule has 2 amide bonds. The topological polar surface area (TPSA) is 86.1 Å². The number of hydrogen-bond acceptors (Lipinski definition) is 5. The Labute approximate surface area is 196 Å². The van der Waals surface area contributed by atoms with E-state index in [0.717, 1.165) is 27.4 Å². The van der Waals surface area contributed by atoms with Gasteiger partial charge in [-0.25, -0.2) is 4.98 Å². The minimum absolute atomic E-state index is 0.0436. The fourth-order valence-corrected chi connectivity index (χ4v) is 5.69. The summed E-state index contributed by atoms with van der Waals surface area (Å²) in [6, 6.07) is 16.8. The highest BCUT2D eigenvalue weighted by atomic mass is 32.1. The molecule has 1 aliphatic heterocycles. The molecule has 1 aliphatic carbocycles. The number of fused-ring (bicyclic) bond motifs is 1. The largest absolute Gasteiger partial charge is 0.350 e. The maximum absolute atomic E-state index is 13.6. The van der Waals surface area contributed by atoms with E-state index in [1.165, 1.54) is 0 Å². The first kappa shape index (κ1) is 21.4. The van der Waals surface area contributed by atoms with Crippen LogP contribution >= 0.6 is 11.3 Å². The molecule has 1 N–H and O–H groups in total. The van der Waals surface area contributed by atoms with Crippen LogP contribution in [0.15, 0.2) is 48.5 Å². The van der Waals surface area contributed by atoms with Crippen LogP contribution < -0.4 is 5.32 Å². The molecule has 1 saturated heterocycles. The van der Waals surface area contributed by atoms with Crippen LogP contribution in [0.1, 0.15) is 43.4 Å². The molecule has 33 heavy (non-hydrogen) atoms. The number of nitrogens with one attached hydrogen (secondary N) is 1. The standard InChI is InChI=1S/C26H24N4O2S/c1-15-5-3-7-18(9-15)24-23(29-16(2)33-24)26(32)30-14-20-11-21(20)22(30)13-28-25(31)19-8-4-6-17(10-19)12-27/h3-10,20-22H,11,13-14H2,1-2H3,(H,28,31)/t20-,21?,22+/m0/s1. The van der Waals surface area contributed by atoms with Crippen molar-refractivity contribution in [3.05, 3.63) is 75.9 Å². The molecule has 3 aromatic rings. The third-order valence-electron chi connectivity index (χ3n) is 6.51. The van der Waals surface area contributed by atoms with Crippen LogP contribution in [-0.4, -0.2) is 40.8 Å². The van der Waals surface area contributed by atoms with Crippen LogP contribution in [-0.2, 0) is 0 Å². The summed E-state index contributed by atoms with van der Waals surface area (Å²) in [6.07, 6.45) is 1.09. The van der Waals surface area contributed by atoms with Crippen molar-refractivity contribution in [1.82, 2.24) is 15.2 Å². The molecule has 0 radical (unpaired) electrons. The van der Waals surface area contributed by atoms with E-state index in [1.54, 1.807) is 35.6 Å². The first-order valence-electron chi connectivity index (χ1n) is 11.1. The predicted molar refractivity (Wildman–Crippen MR) is 127 cm³/mol. The fraction of sp³-hybridized carbons (Fsp3) is 0.308. The monoisotopic (exact) mass is 456 g/mol. The third-order valence-corrected chi connectivity index (χ3v) is 7.53. The minimum Gasteiger partial charge on any atom is -0.350 e. The summed E-state index contributed by atoms with van der Waals surface area (Å²) >= 11 is 1.54. The Morgan fingerprint density at radius 3 is 2.82 bits per heavy atom. The van der Waals surface area contributed by atoms with Crippen molar-refractivity contribution in [3.63, 3.8) is 0 Å². The number of carbonyl (C=O) groups is 2. The number of benzene rings is 2. The summed E-state index contributed by atoms with van der Waals surface area (Å²) in [4.78, 5) is 33.7. The highest BCUT2D eigenvalue weighted by molar-refractivity contribution is 7.15. The molecular weight excluding hydrogens is 432 g/mol. The number of piperidine rings is 1. The Hall–Kier alpha value is -3.50. The third kappa shape index (κ3) is 4.14. The molecule has 7 heteroatoms. The molecular formula is C26H24N4O2S. The van der Waals surface area contributed by atoms with Gasteiger partial charge in [0.25, 0.3) is 11.8 Å². The van der Waals surface area contributed by atoms with Gasteiger partial charge in [0.1, 0.15) is 5.69 Å². The Kier molecular flexibility index (Phi) is 5.47. The van der Waals surface area contributed by atoms with E-state index in [9.17, 15) is 9.59 Å². The summed E-state index contributed by atoms with van der Waals surface area (Å²) in [5.41, 5.74) is 3.55. The molecule has 166 valence electrons. The lowest BCUT2D eigenvalue weighted by atomic mass is 10.1. The Bertz CT molecular complexity index is 1290. The molecule has 5 rings (SSSR count). The van der Waals surface area contributed by atoms with Crippen molar-refractivity contribution in [2.24, 2.45) is 11.8 Å². The van der Waals surface area contributed by atoms with Crippen molar-refractivity contribution in [2.45, 2.75) is 26.3 Å². The smallest absolute Gasteiger partial charge is 0.274 e. The number of aryl methyl sites for hydroxylation is 2. The van der Waals surface area contributed by atoms with Crippen LogP contribution in [0, 0.1) is 37.0 Å². The number of aromatic nitrogens is 1. The Morgan fingerprint density at radius 2 is 2.03 bits per heavy atom. The molecule has 2 fully saturated rings. The predicted octanol–water partition coefficient (Wildman–Crippen LogP) is 4.19. The maximum atomic E-state index is 13.6. The lowest BCUT2D eigenvalue weighted by Crippen LogP contribution is -2.45. The molecule has 2 aromatic carbocycles. The number of amides is 2. The van der Waals surface area contributed by atoms with Gasteiger partial charge >= 0.3 is 0 Å². The average Bonchev–Trinajstić information content (AvgIpc) is 3.33. The van der Waals surface area contributed by atoms with Crippen molar-refractivity contribution in [3.8, 4) is 16.5 Å². The number of nitriles is 1. The minimum atomic E-state index is -0.228. The number of hydrogen-bond donors (Lipinski definition) is 1. The summed E-state index contributed by atoms with van der Waals surface area (Å²) in [5.74, 6) is 0.629. The zero-order valence-corrected chi connectivity index (χ0v) is 19.4. The SMILES string of the molecule is Cc1cccc(-c2sc(C)nc2C(=O)N2C[C@@H]3CC3[C@H]2CNC(=O)c2cccc(C#N)c2)c1. The maximum Gasteiger partial charge on any atom is 0.274 e. The highest BCUT2D eigenvalue weighted by Crippen LogP contribution is 2.50. The number of nitrogens with zero attached hydrogens (tertiary/aromatic N) is 3. The number of rotatable bonds is 5. The summed E-state index contributed by atoms with van der Waals surface area (Å²) in [6.45, 7) is 5.07. The van der Waals surface area contributed by atoms with Crippen LogP contribution in [0.25, 0.3) is 10.4 Å². The lowest BCUT2D eigenvalue weighted by molar-refractivity contribution is 0.0690. The fourth-order valence-electron chi connectivity index (χ4n) is 4.79. The van der Waals surface area contributed by atoms with E-state index in [0.29, 0.717) is 41.7 Å². The number of carbonyl (C=O) groups excluding carboxylic acids is 2. The van der Waals surface area contributed by atoms with E-state index >= 15 is 0 Å². The quantitative estimate of drug-likeness (QED) is 0.624. The molecule has 1 saturated carbocycles. The van der Waals surface area contributed by atoms with Gasteiger partial charge in [-0.1, -0.05) is 35.9 Å². The second kappa shape index (κ2) is 8.45. The van der Waals surface area contributed by atoms with Gasteiger partial charge in [0.05, 0.1) is 27.6 Å². The number of likely N-dealkylation sites (tertiary alicyclic amines) is 1. The van der Waals surface area contributed by atoms with E-state index < -0.39 is 0 Å². The molecule has 2 aliphatic rings. The summed E-state index contributed by atoms with van der Waals surface area (Å²) in [7, 11) is 0. The van der Waals surface area contributed by atoms with Gasteiger partial charge in [0, 0.05) is 18.7 Å². The summed E-state index contributed by atoms with van der Waals surface area (Å²) < 4.78 is 0. The molecule has 1 unspecified atom stereocenters. The van der Waals surface area contributed by atoms with Gasteiger partial charge in [-0.2, -0.15) is 5.26 Å². The second-order valence-corrected chi connectivity index (χ2v) is 10.1.